The van der Waals surface area contributed by atoms with E-state index in [9.17, 15) is 9.59 Å². The first-order valence-electron chi connectivity index (χ1n) is 11.2. The van der Waals surface area contributed by atoms with Crippen LogP contribution in [0.5, 0.6) is 11.5 Å². The normalized spacial score (nSPS) is 16.7. The molecule has 1 N–H and O–H groups in total. The van der Waals surface area contributed by atoms with E-state index in [2.05, 4.69) is 17.1 Å². The number of carbonyl (C=O) groups excluding carboxylic acids is 2. The monoisotopic (exact) mass is 450 g/mol. The quantitative estimate of drug-likeness (QED) is 0.355. The summed E-state index contributed by atoms with van der Waals surface area (Å²) in [6.07, 6.45) is 4.96. The highest BCUT2D eigenvalue weighted by Gasteiger charge is 2.34. The number of rotatable bonds is 4. The fourth-order valence-electron chi connectivity index (χ4n) is 4.86. The van der Waals surface area contributed by atoms with E-state index in [1.54, 1.807) is 24.3 Å². The lowest BCUT2D eigenvalue weighted by molar-refractivity contribution is -0.128. The molecule has 2 aliphatic rings. The number of nitrogens with zero attached hydrogens (tertiary/aromatic N) is 1. The van der Waals surface area contributed by atoms with Crippen LogP contribution < -0.4 is 9.47 Å². The summed E-state index contributed by atoms with van der Waals surface area (Å²) in [5, 5.41) is 1.20. The summed E-state index contributed by atoms with van der Waals surface area (Å²) in [5.41, 5.74) is 5.78. The van der Waals surface area contributed by atoms with Crippen LogP contribution in [-0.4, -0.2) is 35.4 Å². The average molecular weight is 450 g/mol. The van der Waals surface area contributed by atoms with E-state index < -0.39 is 0 Å². The number of carbonyl (C=O) groups is 2. The van der Waals surface area contributed by atoms with Crippen LogP contribution in [0, 0.1) is 0 Å². The van der Waals surface area contributed by atoms with Gasteiger partial charge in [0.25, 0.3) is 0 Å². The second-order valence-corrected chi connectivity index (χ2v) is 8.48. The van der Waals surface area contributed by atoms with Crippen LogP contribution in [0.3, 0.4) is 0 Å². The van der Waals surface area contributed by atoms with Crippen LogP contribution in [0.2, 0.25) is 0 Å². The number of aldehydes is 1. The molecule has 1 amide bonds. The molecule has 1 unspecified atom stereocenters. The van der Waals surface area contributed by atoms with Gasteiger partial charge in [-0.3, -0.25) is 9.59 Å². The number of hydrogen-bond acceptors (Lipinski definition) is 4. The number of hydrogen-bond donors (Lipinski definition) is 1. The van der Waals surface area contributed by atoms with E-state index in [4.69, 9.17) is 9.47 Å². The highest BCUT2D eigenvalue weighted by molar-refractivity contribution is 5.93. The lowest BCUT2D eigenvalue weighted by atomic mass is 9.92. The van der Waals surface area contributed by atoms with Crippen molar-refractivity contribution in [3.8, 4) is 11.5 Å². The number of amides is 1. The Morgan fingerprint density at radius 1 is 0.971 bits per heavy atom. The zero-order valence-corrected chi connectivity index (χ0v) is 18.4. The first kappa shape index (κ1) is 20.3. The summed E-state index contributed by atoms with van der Waals surface area (Å²) in [6, 6.07) is 21.0. The minimum atomic E-state index is -0.278. The van der Waals surface area contributed by atoms with E-state index in [-0.39, 0.29) is 18.7 Å². The van der Waals surface area contributed by atoms with Crippen molar-refractivity contribution in [2.75, 3.05) is 13.3 Å². The van der Waals surface area contributed by atoms with Gasteiger partial charge < -0.3 is 19.4 Å². The fraction of sp³-hybridized carbons (Fsp3) is 0.143. The molecule has 0 fully saturated rings. The third-order valence-electron chi connectivity index (χ3n) is 6.52. The van der Waals surface area contributed by atoms with Gasteiger partial charge in [0.1, 0.15) is 6.29 Å². The number of benzene rings is 3. The first-order valence-corrected chi connectivity index (χ1v) is 11.2. The molecule has 0 radical (unpaired) electrons. The van der Waals surface area contributed by atoms with Gasteiger partial charge in [-0.2, -0.15) is 0 Å². The predicted octanol–water partition coefficient (Wildman–Crippen LogP) is 4.90. The molecule has 168 valence electrons. The number of aromatic nitrogens is 1. The molecular formula is C28H22N2O4. The fourth-order valence-corrected chi connectivity index (χ4v) is 4.86. The molecular weight excluding hydrogens is 428 g/mol. The van der Waals surface area contributed by atoms with Gasteiger partial charge in [0, 0.05) is 34.8 Å². The average Bonchev–Trinajstić information content (AvgIpc) is 3.51. The van der Waals surface area contributed by atoms with Crippen LogP contribution in [0.15, 0.2) is 72.8 Å². The van der Waals surface area contributed by atoms with E-state index in [1.165, 1.54) is 10.9 Å². The van der Waals surface area contributed by atoms with Crippen LogP contribution in [0.1, 0.15) is 38.8 Å². The Balaban J connectivity index is 1.40. The molecule has 0 saturated carbocycles. The summed E-state index contributed by atoms with van der Waals surface area (Å²) in [7, 11) is 0. The SMILES string of the molecule is O=Cc1ccc(C=CC(=O)N2CCc3c([nH]c4ccccc34)C2c2ccc3c(c2)OCO3)cc1. The zero-order valence-electron chi connectivity index (χ0n) is 18.4. The van der Waals surface area contributed by atoms with Crippen LogP contribution in [-0.2, 0) is 11.2 Å². The molecule has 3 heterocycles. The highest BCUT2D eigenvalue weighted by Crippen LogP contribution is 2.42. The maximum absolute atomic E-state index is 13.5. The molecule has 1 atom stereocenters. The van der Waals surface area contributed by atoms with E-state index in [1.807, 2.05) is 47.4 Å². The third kappa shape index (κ3) is 3.44. The van der Waals surface area contributed by atoms with Gasteiger partial charge in [-0.05, 0) is 47.4 Å². The van der Waals surface area contributed by atoms with Crippen molar-refractivity contribution in [3.63, 3.8) is 0 Å². The molecule has 0 saturated heterocycles. The largest absolute Gasteiger partial charge is 0.454 e. The van der Waals surface area contributed by atoms with Crippen LogP contribution in [0.4, 0.5) is 0 Å². The van der Waals surface area contributed by atoms with Crippen molar-refractivity contribution >= 4 is 29.2 Å². The molecule has 4 aromatic rings. The summed E-state index contributed by atoms with van der Waals surface area (Å²) in [4.78, 5) is 29.8. The number of aromatic amines is 1. The van der Waals surface area contributed by atoms with E-state index in [0.29, 0.717) is 23.6 Å². The number of H-pyrrole nitrogens is 1. The third-order valence-corrected chi connectivity index (χ3v) is 6.52. The maximum atomic E-state index is 13.5. The molecule has 0 bridgehead atoms. The lowest BCUT2D eigenvalue weighted by Crippen LogP contribution is -2.39. The Bertz CT molecular complexity index is 1430. The van der Waals surface area contributed by atoms with Gasteiger partial charge in [-0.15, -0.1) is 0 Å². The van der Waals surface area contributed by atoms with Gasteiger partial charge >= 0.3 is 0 Å². The number of para-hydroxylation sites is 1. The van der Waals surface area contributed by atoms with Gasteiger partial charge in [0.2, 0.25) is 12.7 Å². The molecule has 3 aromatic carbocycles. The molecule has 0 spiro atoms. The van der Waals surface area contributed by atoms with Gasteiger partial charge in [0.15, 0.2) is 11.5 Å². The Hall–Kier alpha value is -4.32. The Kier molecular flexibility index (Phi) is 4.91. The lowest BCUT2D eigenvalue weighted by Gasteiger charge is -2.35. The Morgan fingerprint density at radius 3 is 2.62 bits per heavy atom. The van der Waals surface area contributed by atoms with Crippen molar-refractivity contribution in [2.24, 2.45) is 0 Å². The molecule has 34 heavy (non-hydrogen) atoms. The summed E-state index contributed by atoms with van der Waals surface area (Å²) < 4.78 is 11.1. The first-order chi connectivity index (χ1) is 16.7. The van der Waals surface area contributed by atoms with Crippen molar-refractivity contribution < 1.29 is 19.1 Å². The number of fused-ring (bicyclic) bond motifs is 4. The molecule has 2 aliphatic heterocycles. The van der Waals surface area contributed by atoms with Crippen molar-refractivity contribution in [1.82, 2.24) is 9.88 Å². The second-order valence-electron chi connectivity index (χ2n) is 8.48. The van der Waals surface area contributed by atoms with Crippen molar-refractivity contribution in [3.05, 3.63) is 101 Å². The molecule has 6 rings (SSSR count). The molecule has 6 heteroatoms. The Morgan fingerprint density at radius 2 is 1.76 bits per heavy atom. The van der Waals surface area contributed by atoms with Crippen LogP contribution >= 0.6 is 0 Å². The van der Waals surface area contributed by atoms with Crippen molar-refractivity contribution in [2.45, 2.75) is 12.5 Å². The number of nitrogens with one attached hydrogen (secondary N) is 1. The molecule has 0 aliphatic carbocycles. The van der Waals surface area contributed by atoms with Crippen molar-refractivity contribution in [1.29, 1.82) is 0 Å². The Labute approximate surface area is 196 Å². The minimum Gasteiger partial charge on any atom is -0.454 e. The highest BCUT2D eigenvalue weighted by atomic mass is 16.7. The standard InChI is InChI=1S/C28H22N2O4/c31-16-19-7-5-18(6-8-19)9-12-26(32)30-14-13-22-21-3-1-2-4-23(21)29-27(22)28(30)20-10-11-24-25(15-20)34-17-33-24/h1-12,15-16,28-29H,13-14,17H2. The minimum absolute atomic E-state index is 0.0774. The summed E-state index contributed by atoms with van der Waals surface area (Å²) in [5.74, 6) is 1.33. The topological polar surface area (TPSA) is 71.6 Å². The summed E-state index contributed by atoms with van der Waals surface area (Å²) in [6.45, 7) is 0.802. The molecule has 6 nitrogen and oxygen atoms in total. The van der Waals surface area contributed by atoms with Crippen LogP contribution in [0.25, 0.3) is 17.0 Å². The molecule has 1 aromatic heterocycles. The maximum Gasteiger partial charge on any atom is 0.247 e. The van der Waals surface area contributed by atoms with Gasteiger partial charge in [0.05, 0.1) is 6.04 Å². The second kappa shape index (κ2) is 8.23. The predicted molar refractivity (Wildman–Crippen MR) is 129 cm³/mol. The number of ether oxygens (including phenoxy) is 2. The van der Waals surface area contributed by atoms with Gasteiger partial charge in [-0.1, -0.05) is 48.5 Å². The summed E-state index contributed by atoms with van der Waals surface area (Å²) >= 11 is 0. The zero-order chi connectivity index (χ0) is 23.1. The van der Waals surface area contributed by atoms with E-state index in [0.717, 1.165) is 35.0 Å². The van der Waals surface area contributed by atoms with Gasteiger partial charge in [-0.25, -0.2) is 0 Å². The van der Waals surface area contributed by atoms with E-state index >= 15 is 0 Å². The smallest absolute Gasteiger partial charge is 0.247 e.